The Morgan fingerprint density at radius 3 is 2.94 bits per heavy atom. The molecule has 1 fully saturated rings. The number of nitrogens with two attached hydrogens (primary N) is 1. The van der Waals surface area contributed by atoms with Crippen molar-refractivity contribution in [3.8, 4) is 0 Å². The molecule has 1 amide bonds. The number of hydrogen-bond acceptors (Lipinski definition) is 4. The van der Waals surface area contributed by atoms with E-state index in [2.05, 4.69) is 17.3 Å². The molecule has 0 saturated heterocycles. The molecule has 1 heterocycles. The first-order valence-corrected chi connectivity index (χ1v) is 7.32. The quantitative estimate of drug-likeness (QED) is 0.831. The number of amides is 1. The first-order chi connectivity index (χ1) is 8.61. The number of nitrogens with zero attached hydrogens (tertiary/aromatic N) is 1. The summed E-state index contributed by atoms with van der Waals surface area (Å²) >= 11 is 1.48. The van der Waals surface area contributed by atoms with Gasteiger partial charge < -0.3 is 16.0 Å². The predicted octanol–water partition coefficient (Wildman–Crippen LogP) is 2.32. The Kier molecular flexibility index (Phi) is 4.11. The van der Waals surface area contributed by atoms with Gasteiger partial charge in [0.05, 0.1) is 10.7 Å². The van der Waals surface area contributed by atoms with E-state index in [1.54, 1.807) is 0 Å². The van der Waals surface area contributed by atoms with Gasteiger partial charge in [-0.05, 0) is 31.2 Å². The lowest BCUT2D eigenvalue weighted by Crippen LogP contribution is -2.23. The third kappa shape index (κ3) is 3.16. The van der Waals surface area contributed by atoms with E-state index in [1.165, 1.54) is 24.2 Å². The van der Waals surface area contributed by atoms with Gasteiger partial charge in [0.1, 0.15) is 4.88 Å². The third-order valence-corrected chi connectivity index (χ3v) is 4.36. The second-order valence-corrected chi connectivity index (χ2v) is 5.98. The SMILES string of the molecule is CCCNC(=O)c1sc(N(C)CC2CC2)cc1N. The van der Waals surface area contributed by atoms with Gasteiger partial charge in [-0.1, -0.05) is 6.92 Å². The fraction of sp³-hybridized carbons (Fsp3) is 0.615. The van der Waals surface area contributed by atoms with E-state index >= 15 is 0 Å². The molecule has 0 aromatic carbocycles. The summed E-state index contributed by atoms with van der Waals surface area (Å²) in [6, 6.07) is 1.91. The van der Waals surface area contributed by atoms with Crippen molar-refractivity contribution in [2.24, 2.45) is 5.92 Å². The maximum atomic E-state index is 11.9. The minimum Gasteiger partial charge on any atom is -0.397 e. The lowest BCUT2D eigenvalue weighted by Gasteiger charge is -2.15. The van der Waals surface area contributed by atoms with Crippen LogP contribution in [0.3, 0.4) is 0 Å². The summed E-state index contributed by atoms with van der Waals surface area (Å²) in [4.78, 5) is 14.7. The van der Waals surface area contributed by atoms with Crippen LogP contribution in [-0.4, -0.2) is 26.0 Å². The van der Waals surface area contributed by atoms with E-state index in [-0.39, 0.29) is 5.91 Å². The molecule has 3 N–H and O–H groups in total. The maximum Gasteiger partial charge on any atom is 0.263 e. The van der Waals surface area contributed by atoms with Crippen LogP contribution in [0.5, 0.6) is 0 Å². The van der Waals surface area contributed by atoms with Gasteiger partial charge >= 0.3 is 0 Å². The summed E-state index contributed by atoms with van der Waals surface area (Å²) in [5, 5.41) is 3.95. The van der Waals surface area contributed by atoms with E-state index in [9.17, 15) is 4.79 Å². The van der Waals surface area contributed by atoms with E-state index in [0.717, 1.165) is 23.9 Å². The molecule has 0 aliphatic heterocycles. The smallest absolute Gasteiger partial charge is 0.263 e. The standard InChI is InChI=1S/C13H21N3OS/c1-3-6-15-13(17)12-10(14)7-11(18-12)16(2)8-9-4-5-9/h7,9H,3-6,8,14H2,1-2H3,(H,15,17). The normalized spacial score (nSPS) is 14.6. The van der Waals surface area contributed by atoms with E-state index in [0.29, 0.717) is 17.1 Å². The van der Waals surface area contributed by atoms with Crippen molar-refractivity contribution in [1.82, 2.24) is 5.32 Å². The molecule has 1 aliphatic carbocycles. The number of hydrogen-bond donors (Lipinski definition) is 2. The summed E-state index contributed by atoms with van der Waals surface area (Å²) in [7, 11) is 2.07. The first kappa shape index (κ1) is 13.2. The summed E-state index contributed by atoms with van der Waals surface area (Å²) in [5.41, 5.74) is 6.51. The molecule has 100 valence electrons. The number of nitrogens with one attached hydrogen (secondary N) is 1. The van der Waals surface area contributed by atoms with Crippen LogP contribution < -0.4 is 16.0 Å². The highest BCUT2D eigenvalue weighted by atomic mass is 32.1. The van der Waals surface area contributed by atoms with Crippen molar-refractivity contribution < 1.29 is 4.79 Å². The maximum absolute atomic E-state index is 11.9. The Morgan fingerprint density at radius 2 is 2.33 bits per heavy atom. The summed E-state index contributed by atoms with van der Waals surface area (Å²) in [6.45, 7) is 3.80. The third-order valence-electron chi connectivity index (χ3n) is 3.09. The molecule has 4 nitrogen and oxygen atoms in total. The molecule has 0 unspecified atom stereocenters. The zero-order valence-electron chi connectivity index (χ0n) is 11.0. The van der Waals surface area contributed by atoms with Gasteiger partial charge in [0, 0.05) is 20.1 Å². The lowest BCUT2D eigenvalue weighted by atomic mass is 10.3. The van der Waals surface area contributed by atoms with Gasteiger partial charge in [0.25, 0.3) is 5.91 Å². The van der Waals surface area contributed by atoms with Crippen LogP contribution in [0.2, 0.25) is 0 Å². The van der Waals surface area contributed by atoms with Crippen LogP contribution >= 0.6 is 11.3 Å². The second-order valence-electron chi connectivity index (χ2n) is 4.95. The second kappa shape index (κ2) is 5.61. The average Bonchev–Trinajstić information content (AvgIpc) is 3.06. The molecule has 1 saturated carbocycles. The number of rotatable bonds is 6. The Balaban J connectivity index is 2.02. The van der Waals surface area contributed by atoms with Crippen LogP contribution in [-0.2, 0) is 0 Å². The molecule has 1 aliphatic rings. The van der Waals surface area contributed by atoms with E-state index in [1.807, 2.05) is 13.0 Å². The molecule has 0 atom stereocenters. The van der Waals surface area contributed by atoms with Gasteiger partial charge in [-0.15, -0.1) is 11.3 Å². The van der Waals surface area contributed by atoms with Gasteiger partial charge in [0.15, 0.2) is 0 Å². The average molecular weight is 267 g/mol. The molecule has 0 spiro atoms. The molecule has 5 heteroatoms. The largest absolute Gasteiger partial charge is 0.397 e. The highest BCUT2D eigenvalue weighted by molar-refractivity contribution is 7.18. The van der Waals surface area contributed by atoms with Crippen LogP contribution in [0, 0.1) is 5.92 Å². The molecular weight excluding hydrogens is 246 g/mol. The van der Waals surface area contributed by atoms with E-state index in [4.69, 9.17) is 5.73 Å². The number of anilines is 2. The Bertz CT molecular complexity index is 426. The van der Waals surface area contributed by atoms with Crippen LogP contribution in [0.15, 0.2) is 6.07 Å². The molecule has 18 heavy (non-hydrogen) atoms. The molecule has 1 aromatic rings. The molecule has 0 bridgehead atoms. The molecule has 2 rings (SSSR count). The fourth-order valence-electron chi connectivity index (χ4n) is 1.85. The topological polar surface area (TPSA) is 58.4 Å². The van der Waals surface area contributed by atoms with Crippen LogP contribution in [0.25, 0.3) is 0 Å². The van der Waals surface area contributed by atoms with Gasteiger partial charge in [-0.2, -0.15) is 0 Å². The molecule has 0 radical (unpaired) electrons. The predicted molar refractivity (Wildman–Crippen MR) is 77.3 cm³/mol. The molecular formula is C13H21N3OS. The number of nitrogen functional groups attached to an aromatic ring is 1. The van der Waals surface area contributed by atoms with Gasteiger partial charge in [-0.3, -0.25) is 4.79 Å². The Labute approximate surface area is 112 Å². The minimum absolute atomic E-state index is 0.0505. The minimum atomic E-state index is -0.0505. The zero-order chi connectivity index (χ0) is 13.1. The van der Waals surface area contributed by atoms with Crippen molar-refractivity contribution in [2.75, 3.05) is 30.8 Å². The number of carbonyl (C=O) groups is 1. The van der Waals surface area contributed by atoms with Crippen molar-refractivity contribution in [3.63, 3.8) is 0 Å². The van der Waals surface area contributed by atoms with Gasteiger partial charge in [0.2, 0.25) is 0 Å². The van der Waals surface area contributed by atoms with Crippen LogP contribution in [0.1, 0.15) is 35.9 Å². The number of thiophene rings is 1. The van der Waals surface area contributed by atoms with Gasteiger partial charge in [-0.25, -0.2) is 0 Å². The lowest BCUT2D eigenvalue weighted by molar-refractivity contribution is 0.0958. The highest BCUT2D eigenvalue weighted by Gasteiger charge is 2.24. The fourth-order valence-corrected chi connectivity index (χ4v) is 2.82. The highest BCUT2D eigenvalue weighted by Crippen LogP contribution is 2.35. The number of carbonyl (C=O) groups excluding carboxylic acids is 1. The summed E-state index contributed by atoms with van der Waals surface area (Å²) < 4.78 is 0. The van der Waals surface area contributed by atoms with E-state index < -0.39 is 0 Å². The van der Waals surface area contributed by atoms with Crippen molar-refractivity contribution in [2.45, 2.75) is 26.2 Å². The van der Waals surface area contributed by atoms with Crippen molar-refractivity contribution >= 4 is 27.9 Å². The summed E-state index contributed by atoms with van der Waals surface area (Å²) in [5.74, 6) is 0.779. The van der Waals surface area contributed by atoms with Crippen LogP contribution in [0.4, 0.5) is 10.7 Å². The monoisotopic (exact) mass is 267 g/mol. The first-order valence-electron chi connectivity index (χ1n) is 6.50. The molecule has 1 aromatic heterocycles. The zero-order valence-corrected chi connectivity index (χ0v) is 11.8. The Hall–Kier alpha value is -1.23. The Morgan fingerprint density at radius 1 is 1.61 bits per heavy atom. The van der Waals surface area contributed by atoms with Crippen molar-refractivity contribution in [1.29, 1.82) is 0 Å². The van der Waals surface area contributed by atoms with Crippen molar-refractivity contribution in [3.05, 3.63) is 10.9 Å². The summed E-state index contributed by atoms with van der Waals surface area (Å²) in [6.07, 6.45) is 3.59.